The molecule has 19 heavy (non-hydrogen) atoms. The molecule has 0 radical (unpaired) electrons. The van der Waals surface area contributed by atoms with Gasteiger partial charge in [-0.25, -0.2) is 0 Å². The van der Waals surface area contributed by atoms with Gasteiger partial charge in [-0.05, 0) is 32.9 Å². The highest BCUT2D eigenvalue weighted by Gasteiger charge is 2.15. The van der Waals surface area contributed by atoms with Crippen LogP contribution in [-0.4, -0.2) is 38.0 Å². The van der Waals surface area contributed by atoms with E-state index in [1.807, 2.05) is 7.05 Å². The maximum atomic E-state index is 11.6. The van der Waals surface area contributed by atoms with Crippen molar-refractivity contribution in [3.8, 4) is 0 Å². The first kappa shape index (κ1) is 18.2. The molecule has 0 spiro atoms. The maximum Gasteiger partial charge on any atom is 0.239 e. The highest BCUT2D eigenvalue weighted by molar-refractivity contribution is 5.85. The van der Waals surface area contributed by atoms with Crippen molar-refractivity contribution >= 4 is 24.2 Å². The topological polar surface area (TPSA) is 70.2 Å². The largest absolute Gasteiger partial charge is 0.352 e. The monoisotopic (exact) mass is 291 g/mol. The van der Waals surface area contributed by atoms with Gasteiger partial charge in [0.1, 0.15) is 0 Å². The highest BCUT2D eigenvalue weighted by Crippen LogP contribution is 2.16. The van der Waals surface area contributed by atoms with E-state index in [9.17, 15) is 9.59 Å². The summed E-state index contributed by atoms with van der Waals surface area (Å²) in [5.41, 5.74) is 0. The summed E-state index contributed by atoms with van der Waals surface area (Å²) in [6.07, 6.45) is 7.07. The fourth-order valence-electron chi connectivity index (χ4n) is 2.22. The van der Waals surface area contributed by atoms with E-state index >= 15 is 0 Å². The molecule has 0 unspecified atom stereocenters. The Balaban J connectivity index is 0.00000324. The Labute approximate surface area is 121 Å². The number of carbonyl (C=O) groups excluding carboxylic acids is 2. The molecule has 5 nitrogen and oxygen atoms in total. The quantitative estimate of drug-likeness (QED) is 0.612. The first-order valence-corrected chi connectivity index (χ1v) is 6.93. The average Bonchev–Trinajstić information content (AvgIpc) is 2.38. The van der Waals surface area contributed by atoms with E-state index in [0.29, 0.717) is 12.5 Å². The van der Waals surface area contributed by atoms with Crippen molar-refractivity contribution < 1.29 is 9.59 Å². The second-order valence-electron chi connectivity index (χ2n) is 4.89. The molecule has 6 heteroatoms. The van der Waals surface area contributed by atoms with Gasteiger partial charge in [0.05, 0.1) is 6.54 Å². The first-order chi connectivity index (χ1) is 8.72. The third-order valence-corrected chi connectivity index (χ3v) is 3.25. The van der Waals surface area contributed by atoms with E-state index in [4.69, 9.17) is 0 Å². The number of halogens is 1. The summed E-state index contributed by atoms with van der Waals surface area (Å²) in [7, 11) is 1.86. The van der Waals surface area contributed by atoms with Gasteiger partial charge < -0.3 is 16.0 Å². The molecule has 1 aliphatic rings. The van der Waals surface area contributed by atoms with Crippen molar-refractivity contribution in [2.24, 2.45) is 0 Å². The second kappa shape index (κ2) is 11.1. The molecule has 2 amide bonds. The molecule has 0 aromatic rings. The molecule has 0 aromatic heterocycles. The smallest absolute Gasteiger partial charge is 0.239 e. The molecule has 0 atom stereocenters. The zero-order valence-electron chi connectivity index (χ0n) is 11.7. The van der Waals surface area contributed by atoms with Crippen molar-refractivity contribution in [3.05, 3.63) is 0 Å². The average molecular weight is 292 g/mol. The Bertz CT molecular complexity index is 269. The number of rotatable bonds is 7. The molecule has 1 aliphatic carbocycles. The number of nitrogens with one attached hydrogen (secondary N) is 3. The summed E-state index contributed by atoms with van der Waals surface area (Å²) in [5.74, 6) is -0.118. The van der Waals surface area contributed by atoms with Gasteiger partial charge in [0, 0.05) is 12.5 Å². The molecule has 1 saturated carbocycles. The standard InChI is InChI=1S/C13H25N3O2.ClH/c1-14-9-5-8-12(17)15-10-13(18)16-11-6-3-2-4-7-11;/h11,14H,2-10H2,1H3,(H,15,17)(H,16,18);1H. The maximum absolute atomic E-state index is 11.6. The van der Waals surface area contributed by atoms with Gasteiger partial charge in [0.2, 0.25) is 11.8 Å². The molecule has 1 fully saturated rings. The third-order valence-electron chi connectivity index (χ3n) is 3.25. The lowest BCUT2D eigenvalue weighted by molar-refractivity contribution is -0.126. The van der Waals surface area contributed by atoms with Gasteiger partial charge >= 0.3 is 0 Å². The molecule has 112 valence electrons. The van der Waals surface area contributed by atoms with Crippen molar-refractivity contribution in [1.29, 1.82) is 0 Å². The fraction of sp³-hybridized carbons (Fsp3) is 0.846. The molecule has 0 saturated heterocycles. The van der Waals surface area contributed by atoms with Crippen LogP contribution in [0.5, 0.6) is 0 Å². The molecule has 0 heterocycles. The summed E-state index contributed by atoms with van der Waals surface area (Å²) in [6.45, 7) is 0.927. The van der Waals surface area contributed by atoms with Crippen LogP contribution < -0.4 is 16.0 Å². The van der Waals surface area contributed by atoms with Crippen LogP contribution in [0.15, 0.2) is 0 Å². The SMILES string of the molecule is CNCCCC(=O)NCC(=O)NC1CCCCC1.Cl. The predicted molar refractivity (Wildman–Crippen MR) is 78.4 cm³/mol. The Morgan fingerprint density at radius 2 is 1.79 bits per heavy atom. The molecule has 0 aliphatic heterocycles. The van der Waals surface area contributed by atoms with E-state index < -0.39 is 0 Å². The minimum Gasteiger partial charge on any atom is -0.352 e. The van der Waals surface area contributed by atoms with E-state index in [-0.39, 0.29) is 30.8 Å². The van der Waals surface area contributed by atoms with Crippen molar-refractivity contribution in [2.45, 2.75) is 51.0 Å². The van der Waals surface area contributed by atoms with E-state index in [1.165, 1.54) is 19.3 Å². The zero-order chi connectivity index (χ0) is 13.2. The van der Waals surface area contributed by atoms with Crippen molar-refractivity contribution in [3.63, 3.8) is 0 Å². The lowest BCUT2D eigenvalue weighted by atomic mass is 9.95. The lowest BCUT2D eigenvalue weighted by Crippen LogP contribution is -2.42. The molecule has 3 N–H and O–H groups in total. The van der Waals surface area contributed by atoms with E-state index in [1.54, 1.807) is 0 Å². The molecular weight excluding hydrogens is 266 g/mol. The first-order valence-electron chi connectivity index (χ1n) is 6.93. The van der Waals surface area contributed by atoms with Crippen LogP contribution in [-0.2, 0) is 9.59 Å². The normalized spacial score (nSPS) is 15.4. The number of carbonyl (C=O) groups is 2. The predicted octanol–water partition coefficient (Wildman–Crippen LogP) is 0.973. The van der Waals surface area contributed by atoms with Crippen LogP contribution >= 0.6 is 12.4 Å². The Morgan fingerprint density at radius 1 is 1.11 bits per heavy atom. The highest BCUT2D eigenvalue weighted by atomic mass is 35.5. The summed E-state index contributed by atoms with van der Waals surface area (Å²) in [5, 5.41) is 8.61. The summed E-state index contributed by atoms with van der Waals surface area (Å²) >= 11 is 0. The van der Waals surface area contributed by atoms with Gasteiger partial charge in [-0.1, -0.05) is 19.3 Å². The van der Waals surface area contributed by atoms with Crippen LogP contribution in [0.4, 0.5) is 0 Å². The van der Waals surface area contributed by atoms with Gasteiger partial charge in [0.15, 0.2) is 0 Å². The number of hydrogen-bond acceptors (Lipinski definition) is 3. The lowest BCUT2D eigenvalue weighted by Gasteiger charge is -2.22. The Morgan fingerprint density at radius 3 is 2.42 bits per heavy atom. The summed E-state index contributed by atoms with van der Waals surface area (Å²) in [4.78, 5) is 23.0. The van der Waals surface area contributed by atoms with Crippen LogP contribution in [0, 0.1) is 0 Å². The molecule has 1 rings (SSSR count). The van der Waals surface area contributed by atoms with Crippen LogP contribution in [0.2, 0.25) is 0 Å². The molecule has 0 aromatic carbocycles. The minimum absolute atomic E-state index is 0. The fourth-order valence-corrected chi connectivity index (χ4v) is 2.22. The van der Waals surface area contributed by atoms with Gasteiger partial charge in [-0.3, -0.25) is 9.59 Å². The Hall–Kier alpha value is -0.810. The zero-order valence-corrected chi connectivity index (χ0v) is 12.5. The summed E-state index contributed by atoms with van der Waals surface area (Å²) in [6, 6.07) is 0.312. The number of hydrogen-bond donors (Lipinski definition) is 3. The van der Waals surface area contributed by atoms with Gasteiger partial charge in [-0.15, -0.1) is 12.4 Å². The van der Waals surface area contributed by atoms with Crippen LogP contribution in [0.1, 0.15) is 44.9 Å². The second-order valence-corrected chi connectivity index (χ2v) is 4.89. The van der Waals surface area contributed by atoms with E-state index in [2.05, 4.69) is 16.0 Å². The minimum atomic E-state index is -0.0659. The third kappa shape index (κ3) is 8.83. The Kier molecular flexibility index (Phi) is 10.6. The van der Waals surface area contributed by atoms with E-state index in [0.717, 1.165) is 25.8 Å². The molecule has 0 bridgehead atoms. The van der Waals surface area contributed by atoms with Gasteiger partial charge in [-0.2, -0.15) is 0 Å². The van der Waals surface area contributed by atoms with Gasteiger partial charge in [0.25, 0.3) is 0 Å². The molecular formula is C13H26ClN3O2. The van der Waals surface area contributed by atoms with Crippen LogP contribution in [0.3, 0.4) is 0 Å². The number of amides is 2. The van der Waals surface area contributed by atoms with Crippen molar-refractivity contribution in [2.75, 3.05) is 20.1 Å². The van der Waals surface area contributed by atoms with Crippen LogP contribution in [0.25, 0.3) is 0 Å². The summed E-state index contributed by atoms with van der Waals surface area (Å²) < 4.78 is 0. The van der Waals surface area contributed by atoms with Crippen molar-refractivity contribution in [1.82, 2.24) is 16.0 Å².